The third-order valence-corrected chi connectivity index (χ3v) is 4.37. The molecule has 0 aliphatic carbocycles. The molecule has 0 saturated carbocycles. The van der Waals surface area contributed by atoms with Gasteiger partial charge in [-0.05, 0) is 12.8 Å². The molecule has 0 spiro atoms. The van der Waals surface area contributed by atoms with Crippen molar-refractivity contribution in [2.24, 2.45) is 5.73 Å². The fraction of sp³-hybridized carbons (Fsp3) is 0.941. The van der Waals surface area contributed by atoms with Gasteiger partial charge in [0.1, 0.15) is 0 Å². The summed E-state index contributed by atoms with van der Waals surface area (Å²) in [6.07, 6.45) is 19.3. The number of rotatable bonds is 16. The van der Waals surface area contributed by atoms with Crippen molar-refractivity contribution < 1.29 is 4.79 Å². The van der Waals surface area contributed by atoms with Crippen molar-refractivity contribution in [1.29, 1.82) is 0 Å². The molecule has 0 aliphatic rings. The maximum Gasteiger partial charge on any atom is 0.217 e. The number of primary amides is 1. The van der Waals surface area contributed by atoms with Gasteiger partial charge in [0.25, 0.3) is 0 Å². The number of carbonyl (C=O) groups is 1. The van der Waals surface area contributed by atoms with Gasteiger partial charge in [-0.15, -0.1) is 0 Å². The molecule has 1 amide bonds. The molecule has 0 fully saturated rings. The third-order valence-electron chi connectivity index (χ3n) is 3.81. The number of nitrogens with two attached hydrogens (primary N) is 1. The minimum atomic E-state index is -0.155. The maximum absolute atomic E-state index is 10.6. The second-order valence-electron chi connectivity index (χ2n) is 5.86. The van der Waals surface area contributed by atoms with E-state index >= 15 is 0 Å². The Bertz CT molecular complexity index is 209. The highest BCUT2D eigenvalue weighted by atomic mass is 79.9. The van der Waals surface area contributed by atoms with Gasteiger partial charge in [0.15, 0.2) is 0 Å². The van der Waals surface area contributed by atoms with Crippen LogP contribution in [0.5, 0.6) is 0 Å². The molecule has 2 N–H and O–H groups in total. The summed E-state index contributed by atoms with van der Waals surface area (Å²) in [6.45, 7) is 0. The van der Waals surface area contributed by atoms with E-state index in [4.69, 9.17) is 5.73 Å². The van der Waals surface area contributed by atoms with Crippen molar-refractivity contribution in [1.82, 2.24) is 0 Å². The monoisotopic (exact) mass is 347 g/mol. The van der Waals surface area contributed by atoms with Crippen LogP contribution in [0.1, 0.15) is 96.3 Å². The normalized spacial score (nSPS) is 10.8. The average molecular weight is 348 g/mol. The Labute approximate surface area is 134 Å². The van der Waals surface area contributed by atoms with E-state index in [9.17, 15) is 4.79 Å². The highest BCUT2D eigenvalue weighted by Crippen LogP contribution is 2.13. The van der Waals surface area contributed by atoms with Crippen LogP contribution in [0.25, 0.3) is 0 Å². The molecular weight excluding hydrogens is 314 g/mol. The molecule has 120 valence electrons. The lowest BCUT2D eigenvalue weighted by Gasteiger charge is -2.03. The molecule has 0 saturated heterocycles. The second kappa shape index (κ2) is 17.0. The molecule has 20 heavy (non-hydrogen) atoms. The number of hydrogen-bond acceptors (Lipinski definition) is 1. The van der Waals surface area contributed by atoms with Gasteiger partial charge in [-0.2, -0.15) is 0 Å². The highest BCUT2D eigenvalue weighted by molar-refractivity contribution is 9.09. The van der Waals surface area contributed by atoms with Crippen molar-refractivity contribution in [3.8, 4) is 0 Å². The van der Waals surface area contributed by atoms with E-state index in [1.54, 1.807) is 0 Å². The largest absolute Gasteiger partial charge is 0.370 e. The van der Waals surface area contributed by atoms with Crippen molar-refractivity contribution in [2.75, 3.05) is 5.33 Å². The van der Waals surface area contributed by atoms with Crippen LogP contribution in [0.15, 0.2) is 0 Å². The van der Waals surface area contributed by atoms with E-state index in [-0.39, 0.29) is 5.91 Å². The van der Waals surface area contributed by atoms with Crippen LogP contribution < -0.4 is 5.73 Å². The Morgan fingerprint density at radius 1 is 0.600 bits per heavy atom. The van der Waals surface area contributed by atoms with E-state index in [1.165, 1.54) is 77.0 Å². The van der Waals surface area contributed by atoms with Crippen LogP contribution in [0.2, 0.25) is 0 Å². The molecule has 0 atom stereocenters. The van der Waals surface area contributed by atoms with Gasteiger partial charge in [-0.3, -0.25) is 4.79 Å². The van der Waals surface area contributed by atoms with Crippen LogP contribution in [-0.2, 0) is 4.79 Å². The van der Waals surface area contributed by atoms with Gasteiger partial charge in [-0.1, -0.05) is 93.0 Å². The van der Waals surface area contributed by atoms with Crippen molar-refractivity contribution in [3.63, 3.8) is 0 Å². The fourth-order valence-electron chi connectivity index (χ4n) is 2.52. The molecule has 0 aromatic rings. The standard InChI is InChI=1S/C17H34BrNO/c18-16-14-12-10-8-6-4-2-1-3-5-7-9-11-13-15-17(19)20/h1-16H2,(H2,19,20). The molecule has 0 bridgehead atoms. The van der Waals surface area contributed by atoms with Crippen molar-refractivity contribution in [3.05, 3.63) is 0 Å². The molecule has 0 aromatic heterocycles. The maximum atomic E-state index is 10.6. The van der Waals surface area contributed by atoms with Crippen LogP contribution in [0, 0.1) is 0 Å². The van der Waals surface area contributed by atoms with Crippen LogP contribution in [0.3, 0.4) is 0 Å². The topological polar surface area (TPSA) is 43.1 Å². The summed E-state index contributed by atoms with van der Waals surface area (Å²) in [5, 5.41) is 1.16. The molecule has 0 aromatic carbocycles. The average Bonchev–Trinajstić information content (AvgIpc) is 2.43. The Kier molecular flexibility index (Phi) is 17.0. The van der Waals surface area contributed by atoms with E-state index in [2.05, 4.69) is 15.9 Å². The molecule has 0 heterocycles. The van der Waals surface area contributed by atoms with Gasteiger partial charge in [0.05, 0.1) is 0 Å². The summed E-state index contributed by atoms with van der Waals surface area (Å²) in [5.74, 6) is -0.155. The molecule has 0 radical (unpaired) electrons. The summed E-state index contributed by atoms with van der Waals surface area (Å²) >= 11 is 3.47. The first-order valence-electron chi connectivity index (χ1n) is 8.61. The molecule has 2 nitrogen and oxygen atoms in total. The highest BCUT2D eigenvalue weighted by Gasteiger charge is 1.96. The molecule has 3 heteroatoms. The molecule has 0 aliphatic heterocycles. The summed E-state index contributed by atoms with van der Waals surface area (Å²) in [5.41, 5.74) is 5.11. The number of carbonyl (C=O) groups excluding carboxylic acids is 1. The summed E-state index contributed by atoms with van der Waals surface area (Å²) < 4.78 is 0. The lowest BCUT2D eigenvalue weighted by atomic mass is 10.0. The zero-order valence-corrected chi connectivity index (χ0v) is 14.8. The lowest BCUT2D eigenvalue weighted by Crippen LogP contribution is -2.09. The van der Waals surface area contributed by atoms with Crippen molar-refractivity contribution >= 4 is 21.8 Å². The smallest absolute Gasteiger partial charge is 0.217 e. The van der Waals surface area contributed by atoms with E-state index in [0.717, 1.165) is 18.2 Å². The Morgan fingerprint density at radius 3 is 1.20 bits per heavy atom. The number of amides is 1. The van der Waals surface area contributed by atoms with Gasteiger partial charge in [0.2, 0.25) is 5.91 Å². The predicted octanol–water partition coefficient (Wildman–Crippen LogP) is 5.72. The van der Waals surface area contributed by atoms with Gasteiger partial charge >= 0.3 is 0 Å². The van der Waals surface area contributed by atoms with E-state index < -0.39 is 0 Å². The Balaban J connectivity index is 2.94. The van der Waals surface area contributed by atoms with E-state index in [1.807, 2.05) is 0 Å². The van der Waals surface area contributed by atoms with Crippen LogP contribution >= 0.6 is 15.9 Å². The fourth-order valence-corrected chi connectivity index (χ4v) is 2.91. The minimum Gasteiger partial charge on any atom is -0.370 e. The number of unbranched alkanes of at least 4 members (excludes halogenated alkanes) is 13. The van der Waals surface area contributed by atoms with Gasteiger partial charge < -0.3 is 5.73 Å². The second-order valence-corrected chi connectivity index (χ2v) is 6.65. The summed E-state index contributed by atoms with van der Waals surface area (Å²) in [7, 11) is 0. The Morgan fingerprint density at radius 2 is 0.900 bits per heavy atom. The third kappa shape index (κ3) is 17.9. The zero-order valence-electron chi connectivity index (χ0n) is 13.2. The predicted molar refractivity (Wildman–Crippen MR) is 92.2 cm³/mol. The first kappa shape index (κ1) is 19.9. The lowest BCUT2D eigenvalue weighted by molar-refractivity contribution is -0.118. The van der Waals surface area contributed by atoms with Gasteiger partial charge in [-0.25, -0.2) is 0 Å². The Hall–Kier alpha value is -0.0500. The van der Waals surface area contributed by atoms with Gasteiger partial charge in [0, 0.05) is 11.8 Å². The summed E-state index contributed by atoms with van der Waals surface area (Å²) in [4.78, 5) is 10.6. The SMILES string of the molecule is NC(=O)CCCCCCCCCCCCCCCCBr. The molecular formula is C17H34BrNO. The molecule has 0 rings (SSSR count). The van der Waals surface area contributed by atoms with Crippen LogP contribution in [-0.4, -0.2) is 11.2 Å². The number of hydrogen-bond donors (Lipinski definition) is 1. The zero-order chi connectivity index (χ0) is 14.9. The van der Waals surface area contributed by atoms with Crippen LogP contribution in [0.4, 0.5) is 0 Å². The minimum absolute atomic E-state index is 0.155. The molecule has 0 unspecified atom stereocenters. The quantitative estimate of drug-likeness (QED) is 0.281. The van der Waals surface area contributed by atoms with Crippen molar-refractivity contribution in [2.45, 2.75) is 96.3 Å². The first-order valence-corrected chi connectivity index (χ1v) is 9.74. The summed E-state index contributed by atoms with van der Waals surface area (Å²) in [6, 6.07) is 0. The van der Waals surface area contributed by atoms with E-state index in [0.29, 0.717) is 6.42 Å². The first-order chi connectivity index (χ1) is 9.77. The number of alkyl halides is 1. The number of halogens is 1.